The van der Waals surface area contributed by atoms with Crippen molar-refractivity contribution in [2.45, 2.75) is 69.9 Å². The molecule has 0 radical (unpaired) electrons. The molecule has 1 saturated heterocycles. The van der Waals surface area contributed by atoms with E-state index in [1.165, 1.54) is 6.42 Å². The number of phenolic OH excluding ortho intramolecular Hbond substituents is 1. The summed E-state index contributed by atoms with van der Waals surface area (Å²) in [5, 5.41) is 19.3. The Bertz CT molecular complexity index is 552. The fourth-order valence-corrected chi connectivity index (χ4v) is 4.19. The minimum atomic E-state index is -0.211. The number of piperidine rings is 1. The molecule has 3 rings (SSSR count). The van der Waals surface area contributed by atoms with Crippen molar-refractivity contribution in [2.24, 2.45) is 5.92 Å². The summed E-state index contributed by atoms with van der Waals surface area (Å²) in [4.78, 5) is 15.1. The number of nitrogens with zero attached hydrogens (tertiary/aromatic N) is 1. The van der Waals surface area contributed by atoms with E-state index >= 15 is 0 Å². The van der Waals surface area contributed by atoms with Crippen LogP contribution < -0.4 is 0 Å². The summed E-state index contributed by atoms with van der Waals surface area (Å²) in [5.74, 6) is 0.724. The van der Waals surface area contributed by atoms with Gasteiger partial charge in [0.1, 0.15) is 5.75 Å². The zero-order valence-corrected chi connectivity index (χ0v) is 14.4. The summed E-state index contributed by atoms with van der Waals surface area (Å²) in [6.07, 6.45) is 8.21. The van der Waals surface area contributed by atoms with Gasteiger partial charge in [-0.25, -0.2) is 0 Å². The zero-order chi connectivity index (χ0) is 16.9. The van der Waals surface area contributed by atoms with Gasteiger partial charge in [0.15, 0.2) is 0 Å². The Morgan fingerprint density at radius 1 is 1.12 bits per heavy atom. The molecule has 2 N–H and O–H groups in total. The van der Waals surface area contributed by atoms with Crippen molar-refractivity contribution in [1.29, 1.82) is 0 Å². The summed E-state index contributed by atoms with van der Waals surface area (Å²) < 4.78 is 0. The number of hydrogen-bond acceptors (Lipinski definition) is 3. The van der Waals surface area contributed by atoms with Crippen molar-refractivity contribution in [3.8, 4) is 5.75 Å². The second-order valence-electron chi connectivity index (χ2n) is 7.40. The first-order chi connectivity index (χ1) is 11.6. The van der Waals surface area contributed by atoms with E-state index in [-0.39, 0.29) is 12.0 Å². The van der Waals surface area contributed by atoms with Crippen molar-refractivity contribution in [3.63, 3.8) is 0 Å². The van der Waals surface area contributed by atoms with Crippen molar-refractivity contribution < 1.29 is 15.0 Å². The minimum absolute atomic E-state index is 0.106. The molecule has 0 bridgehead atoms. The second kappa shape index (κ2) is 8.02. The molecule has 1 atom stereocenters. The zero-order valence-electron chi connectivity index (χ0n) is 14.4. The number of amides is 1. The highest BCUT2D eigenvalue weighted by Crippen LogP contribution is 2.30. The van der Waals surface area contributed by atoms with Crippen LogP contribution in [0.4, 0.5) is 0 Å². The van der Waals surface area contributed by atoms with Gasteiger partial charge in [-0.05, 0) is 75.5 Å². The van der Waals surface area contributed by atoms with E-state index in [9.17, 15) is 15.0 Å². The van der Waals surface area contributed by atoms with Crippen LogP contribution in [0.15, 0.2) is 24.3 Å². The van der Waals surface area contributed by atoms with Gasteiger partial charge in [0, 0.05) is 18.5 Å². The Balaban J connectivity index is 1.59. The molecule has 24 heavy (non-hydrogen) atoms. The third kappa shape index (κ3) is 4.29. The third-order valence-corrected chi connectivity index (χ3v) is 5.63. The summed E-state index contributed by atoms with van der Waals surface area (Å²) in [5.41, 5.74) is 1.13. The van der Waals surface area contributed by atoms with Crippen LogP contribution in [-0.4, -0.2) is 39.7 Å². The van der Waals surface area contributed by atoms with Crippen LogP contribution in [0.3, 0.4) is 0 Å². The second-order valence-corrected chi connectivity index (χ2v) is 7.40. The highest BCUT2D eigenvalue weighted by Gasteiger charge is 2.33. The van der Waals surface area contributed by atoms with E-state index in [0.717, 1.165) is 63.5 Å². The average Bonchev–Trinajstić information content (AvgIpc) is 2.60. The first-order valence-electron chi connectivity index (χ1n) is 9.40. The molecule has 1 aliphatic carbocycles. The van der Waals surface area contributed by atoms with Crippen LogP contribution in [0.1, 0.15) is 56.9 Å². The molecule has 0 aromatic heterocycles. The molecule has 1 heterocycles. The summed E-state index contributed by atoms with van der Waals surface area (Å²) in [6, 6.07) is 7.74. The van der Waals surface area contributed by atoms with Gasteiger partial charge in [-0.3, -0.25) is 4.79 Å². The molecule has 1 amide bonds. The number of hydrogen-bond donors (Lipinski definition) is 2. The molecule has 2 aliphatic rings. The quantitative estimate of drug-likeness (QED) is 0.890. The molecule has 1 aliphatic heterocycles. The van der Waals surface area contributed by atoms with E-state index in [1.54, 1.807) is 6.07 Å². The molecule has 2 fully saturated rings. The van der Waals surface area contributed by atoms with Gasteiger partial charge in [0.2, 0.25) is 5.91 Å². The van der Waals surface area contributed by atoms with E-state index in [2.05, 4.69) is 4.90 Å². The third-order valence-electron chi connectivity index (χ3n) is 5.63. The number of aryl methyl sites for hydroxylation is 1. The van der Waals surface area contributed by atoms with Gasteiger partial charge in [-0.15, -0.1) is 0 Å². The van der Waals surface area contributed by atoms with Gasteiger partial charge in [0.25, 0.3) is 0 Å². The van der Waals surface area contributed by atoms with Crippen LogP contribution in [0.25, 0.3) is 0 Å². The molecule has 132 valence electrons. The van der Waals surface area contributed by atoms with Gasteiger partial charge >= 0.3 is 0 Å². The Labute approximate surface area is 144 Å². The van der Waals surface area contributed by atoms with Gasteiger partial charge in [0.05, 0.1) is 6.10 Å². The van der Waals surface area contributed by atoms with Gasteiger partial charge < -0.3 is 15.1 Å². The fraction of sp³-hybridized carbons (Fsp3) is 0.650. The van der Waals surface area contributed by atoms with Crippen LogP contribution in [0.5, 0.6) is 5.75 Å². The van der Waals surface area contributed by atoms with Crippen LogP contribution in [0.2, 0.25) is 0 Å². The average molecular weight is 331 g/mol. The lowest BCUT2D eigenvalue weighted by Gasteiger charge is -2.39. The minimum Gasteiger partial charge on any atom is -0.508 e. The number of carbonyl (C=O) groups excluding carboxylic acids is 1. The Hall–Kier alpha value is -1.55. The number of phenols is 1. The number of aliphatic hydroxyl groups is 1. The van der Waals surface area contributed by atoms with E-state index in [4.69, 9.17) is 0 Å². The normalized spacial score (nSPS) is 27.9. The first kappa shape index (κ1) is 17.3. The fourth-order valence-electron chi connectivity index (χ4n) is 4.19. The number of benzene rings is 1. The van der Waals surface area contributed by atoms with Gasteiger partial charge in [-0.2, -0.15) is 0 Å². The summed E-state index contributed by atoms with van der Waals surface area (Å²) >= 11 is 0. The Kier molecular flexibility index (Phi) is 5.77. The maximum Gasteiger partial charge on any atom is 0.225 e. The van der Waals surface area contributed by atoms with Crippen molar-refractivity contribution in [2.75, 3.05) is 6.54 Å². The molecule has 0 spiro atoms. The van der Waals surface area contributed by atoms with Crippen LogP contribution >= 0.6 is 0 Å². The number of rotatable bonds is 4. The molecule has 1 saturated carbocycles. The SMILES string of the molecule is O=C(C1CCC(O)CC1)N1CCCCC1CCc1cccc(O)c1. The molecular formula is C20H29NO3. The van der Waals surface area contributed by atoms with E-state index in [0.29, 0.717) is 17.7 Å². The monoisotopic (exact) mass is 331 g/mol. The largest absolute Gasteiger partial charge is 0.508 e. The molecule has 1 aromatic carbocycles. The van der Waals surface area contributed by atoms with E-state index in [1.807, 2.05) is 18.2 Å². The Morgan fingerprint density at radius 3 is 2.67 bits per heavy atom. The standard InChI is InChI=1S/C20H29NO3/c22-18-11-8-16(9-12-18)20(24)21-13-2-1-5-17(21)10-7-15-4-3-6-19(23)14-15/h3-4,6,14,16-18,22-23H,1-2,5,7-13H2. The lowest BCUT2D eigenvalue weighted by atomic mass is 9.85. The number of likely N-dealkylation sites (tertiary alicyclic amines) is 1. The summed E-state index contributed by atoms with van der Waals surface area (Å²) in [6.45, 7) is 0.878. The molecule has 4 nitrogen and oxygen atoms in total. The maximum atomic E-state index is 12.9. The van der Waals surface area contributed by atoms with Crippen molar-refractivity contribution in [1.82, 2.24) is 4.90 Å². The van der Waals surface area contributed by atoms with Gasteiger partial charge in [-0.1, -0.05) is 12.1 Å². The topological polar surface area (TPSA) is 60.8 Å². The molecular weight excluding hydrogens is 302 g/mol. The number of aromatic hydroxyl groups is 1. The first-order valence-corrected chi connectivity index (χ1v) is 9.40. The Morgan fingerprint density at radius 2 is 1.92 bits per heavy atom. The lowest BCUT2D eigenvalue weighted by Crippen LogP contribution is -2.47. The molecule has 1 unspecified atom stereocenters. The lowest BCUT2D eigenvalue weighted by molar-refractivity contribution is -0.141. The predicted molar refractivity (Wildman–Crippen MR) is 93.7 cm³/mol. The van der Waals surface area contributed by atoms with Crippen LogP contribution in [-0.2, 0) is 11.2 Å². The highest BCUT2D eigenvalue weighted by molar-refractivity contribution is 5.79. The number of aliphatic hydroxyl groups excluding tert-OH is 1. The molecule has 1 aromatic rings. The van der Waals surface area contributed by atoms with Crippen LogP contribution in [0, 0.1) is 5.92 Å². The van der Waals surface area contributed by atoms with Crippen molar-refractivity contribution >= 4 is 5.91 Å². The molecule has 4 heteroatoms. The predicted octanol–water partition coefficient (Wildman–Crippen LogP) is 3.26. The smallest absolute Gasteiger partial charge is 0.225 e. The number of carbonyl (C=O) groups is 1. The summed E-state index contributed by atoms with van der Waals surface area (Å²) in [7, 11) is 0. The highest BCUT2D eigenvalue weighted by atomic mass is 16.3. The van der Waals surface area contributed by atoms with Crippen molar-refractivity contribution in [3.05, 3.63) is 29.8 Å². The van der Waals surface area contributed by atoms with E-state index < -0.39 is 0 Å². The maximum absolute atomic E-state index is 12.9.